The lowest BCUT2D eigenvalue weighted by atomic mass is 10.1. The molecule has 1 heterocycles. The van der Waals surface area contributed by atoms with E-state index in [9.17, 15) is 4.79 Å². The van der Waals surface area contributed by atoms with E-state index in [0.717, 1.165) is 5.57 Å². The van der Waals surface area contributed by atoms with E-state index in [1.807, 2.05) is 39.2 Å². The third kappa shape index (κ3) is 5.83. The molecule has 20 heavy (non-hydrogen) atoms. The summed E-state index contributed by atoms with van der Waals surface area (Å²) in [5.41, 5.74) is 7.17. The van der Waals surface area contributed by atoms with Crippen LogP contribution in [-0.2, 0) is 4.74 Å². The predicted molar refractivity (Wildman–Crippen MR) is 83.4 cm³/mol. The van der Waals surface area contributed by atoms with E-state index in [0.29, 0.717) is 25.2 Å². The van der Waals surface area contributed by atoms with E-state index in [1.54, 1.807) is 11.1 Å². The van der Waals surface area contributed by atoms with Crippen molar-refractivity contribution in [3.8, 4) is 0 Å². The normalized spacial score (nSPS) is 17.2. The van der Waals surface area contributed by atoms with Crippen LogP contribution in [0.5, 0.6) is 0 Å². The molecule has 0 unspecified atom stereocenters. The second kappa shape index (κ2) is 6.99. The van der Waals surface area contributed by atoms with E-state index in [4.69, 9.17) is 10.5 Å². The van der Waals surface area contributed by atoms with E-state index in [2.05, 4.69) is 4.40 Å². The number of nitrogens with two attached hydrogens (primary N) is 1. The van der Waals surface area contributed by atoms with Gasteiger partial charge in [0.1, 0.15) is 5.60 Å². The highest BCUT2D eigenvalue weighted by molar-refractivity contribution is 7.95. The highest BCUT2D eigenvalue weighted by atomic mass is 32.2. The van der Waals surface area contributed by atoms with E-state index in [1.165, 1.54) is 12.1 Å². The summed E-state index contributed by atoms with van der Waals surface area (Å²) in [6, 6.07) is 0. The minimum absolute atomic E-state index is 0.320. The number of rotatable bonds is 3. The Labute approximate surface area is 125 Å². The van der Waals surface area contributed by atoms with Gasteiger partial charge in [0.05, 0.1) is 18.7 Å². The minimum Gasteiger partial charge on any atom is -0.444 e. The van der Waals surface area contributed by atoms with Crippen molar-refractivity contribution in [2.24, 2.45) is 10.1 Å². The van der Waals surface area contributed by atoms with Gasteiger partial charge in [0.2, 0.25) is 0 Å². The molecule has 0 bridgehead atoms. The zero-order chi connectivity index (χ0) is 15.3. The van der Waals surface area contributed by atoms with Crippen molar-refractivity contribution in [1.82, 2.24) is 9.21 Å². The number of ether oxygens (including phenoxy) is 1. The predicted octanol–water partition coefficient (Wildman–Crippen LogP) is 2.04. The Morgan fingerprint density at radius 3 is 2.65 bits per heavy atom. The molecule has 1 aliphatic heterocycles. The summed E-state index contributed by atoms with van der Waals surface area (Å²) in [7, 11) is 3.84. The molecule has 1 rings (SSSR count). The van der Waals surface area contributed by atoms with Crippen molar-refractivity contribution in [3.63, 3.8) is 0 Å². The van der Waals surface area contributed by atoms with Crippen molar-refractivity contribution in [3.05, 3.63) is 11.3 Å². The summed E-state index contributed by atoms with van der Waals surface area (Å²) >= 11 is 1.35. The van der Waals surface area contributed by atoms with Crippen molar-refractivity contribution in [2.75, 3.05) is 27.2 Å². The van der Waals surface area contributed by atoms with E-state index >= 15 is 0 Å². The van der Waals surface area contributed by atoms with Gasteiger partial charge in [-0.15, -0.1) is 0 Å². The lowest BCUT2D eigenvalue weighted by Gasteiger charge is -2.30. The number of hydrogen-bond donors (Lipinski definition) is 1. The maximum Gasteiger partial charge on any atom is 0.410 e. The smallest absolute Gasteiger partial charge is 0.410 e. The summed E-state index contributed by atoms with van der Waals surface area (Å²) in [6.45, 7) is 6.55. The van der Waals surface area contributed by atoms with Crippen LogP contribution in [-0.4, -0.2) is 54.3 Å². The van der Waals surface area contributed by atoms with Crippen LogP contribution in [0.15, 0.2) is 15.7 Å². The van der Waals surface area contributed by atoms with Crippen molar-refractivity contribution in [1.29, 1.82) is 0 Å². The number of carbonyl (C=O) groups excluding carboxylic acids is 1. The molecule has 6 nitrogen and oxygen atoms in total. The van der Waals surface area contributed by atoms with E-state index < -0.39 is 5.60 Å². The summed E-state index contributed by atoms with van der Waals surface area (Å²) < 4.78 is 11.4. The fourth-order valence-corrected chi connectivity index (χ4v) is 1.98. The number of nitrogens with zero attached hydrogens (tertiary/aromatic N) is 3. The Bertz CT molecular complexity index is 413. The molecule has 0 radical (unpaired) electrons. The van der Waals surface area contributed by atoms with Crippen LogP contribution < -0.4 is 5.73 Å². The van der Waals surface area contributed by atoms with Gasteiger partial charge in [-0.25, -0.2) is 13.5 Å². The number of amides is 1. The Balaban J connectivity index is 2.60. The molecule has 7 heteroatoms. The van der Waals surface area contributed by atoms with Crippen LogP contribution in [0.4, 0.5) is 4.79 Å². The Hall–Kier alpha value is -1.21. The zero-order valence-corrected chi connectivity index (χ0v) is 13.7. The zero-order valence-electron chi connectivity index (χ0n) is 12.8. The van der Waals surface area contributed by atoms with Crippen LogP contribution in [0, 0.1) is 0 Å². The standard InChI is InChI=1S/C13H24N4O2S/c1-13(2,3)19-12(18)17-7-6-10(11(14)9-17)8-15-20-16(4)5/h8H,6-7,9,14H2,1-5H3. The Kier molecular flexibility index (Phi) is 5.88. The molecule has 0 aromatic heterocycles. The first-order valence-corrected chi connectivity index (χ1v) is 7.25. The first-order chi connectivity index (χ1) is 9.19. The van der Waals surface area contributed by atoms with Gasteiger partial charge in [-0.3, -0.25) is 0 Å². The summed E-state index contributed by atoms with van der Waals surface area (Å²) in [6.07, 6.45) is 2.15. The molecule has 0 saturated carbocycles. The molecule has 0 fully saturated rings. The molecular weight excluding hydrogens is 276 g/mol. The van der Waals surface area contributed by atoms with Gasteiger partial charge in [-0.05, 0) is 46.9 Å². The molecule has 0 aromatic carbocycles. The summed E-state index contributed by atoms with van der Waals surface area (Å²) in [5.74, 6) is 0. The van der Waals surface area contributed by atoms with Crippen molar-refractivity contribution in [2.45, 2.75) is 32.8 Å². The fourth-order valence-electron chi connectivity index (χ4n) is 1.61. The molecular formula is C13H24N4O2S. The third-order valence-electron chi connectivity index (χ3n) is 2.50. The van der Waals surface area contributed by atoms with Crippen LogP contribution in [0.2, 0.25) is 0 Å². The second-order valence-corrected chi connectivity index (χ2v) is 6.94. The SMILES string of the molecule is CN(C)SN=CC1=C(N)CN(C(=O)OC(C)(C)C)CC1. The van der Waals surface area contributed by atoms with Crippen LogP contribution >= 0.6 is 12.1 Å². The average Bonchev–Trinajstić information content (AvgIpc) is 2.28. The Morgan fingerprint density at radius 1 is 1.50 bits per heavy atom. The monoisotopic (exact) mass is 300 g/mol. The highest BCUT2D eigenvalue weighted by Crippen LogP contribution is 2.17. The van der Waals surface area contributed by atoms with Crippen molar-refractivity contribution >= 4 is 24.4 Å². The third-order valence-corrected chi connectivity index (χ3v) is 3.02. The molecule has 1 amide bonds. The second-order valence-electron chi connectivity index (χ2n) is 5.83. The number of carbonyl (C=O) groups is 1. The first kappa shape index (κ1) is 16.8. The minimum atomic E-state index is -0.486. The molecule has 0 saturated heterocycles. The van der Waals surface area contributed by atoms with Crippen molar-refractivity contribution < 1.29 is 9.53 Å². The average molecular weight is 300 g/mol. The molecule has 114 valence electrons. The highest BCUT2D eigenvalue weighted by Gasteiger charge is 2.25. The van der Waals surface area contributed by atoms with Crippen LogP contribution in [0.1, 0.15) is 27.2 Å². The van der Waals surface area contributed by atoms with E-state index in [-0.39, 0.29) is 6.09 Å². The van der Waals surface area contributed by atoms with Gasteiger partial charge in [-0.2, -0.15) is 0 Å². The topological polar surface area (TPSA) is 71.2 Å². The van der Waals surface area contributed by atoms with Gasteiger partial charge >= 0.3 is 6.09 Å². The van der Waals surface area contributed by atoms with Gasteiger partial charge in [0.25, 0.3) is 0 Å². The molecule has 0 spiro atoms. The maximum absolute atomic E-state index is 12.0. The van der Waals surface area contributed by atoms with Gasteiger partial charge in [-0.1, -0.05) is 0 Å². The maximum atomic E-state index is 12.0. The van der Waals surface area contributed by atoms with Gasteiger partial charge in [0, 0.05) is 18.5 Å². The molecule has 0 aromatic rings. The first-order valence-electron chi connectivity index (χ1n) is 6.52. The van der Waals surface area contributed by atoms with Gasteiger partial charge in [0.15, 0.2) is 0 Å². The van der Waals surface area contributed by atoms with Crippen LogP contribution in [0.3, 0.4) is 0 Å². The lowest BCUT2D eigenvalue weighted by molar-refractivity contribution is 0.0260. The lowest BCUT2D eigenvalue weighted by Crippen LogP contribution is -2.42. The molecule has 1 aliphatic rings. The Morgan fingerprint density at radius 2 is 2.15 bits per heavy atom. The van der Waals surface area contributed by atoms with Gasteiger partial charge < -0.3 is 15.4 Å². The molecule has 0 atom stereocenters. The largest absolute Gasteiger partial charge is 0.444 e. The quantitative estimate of drug-likeness (QED) is 0.638. The molecule has 0 aliphatic carbocycles. The summed E-state index contributed by atoms with van der Waals surface area (Å²) in [4.78, 5) is 13.6. The number of hydrogen-bond acceptors (Lipinski definition) is 6. The summed E-state index contributed by atoms with van der Waals surface area (Å²) in [5, 5.41) is 0. The van der Waals surface area contributed by atoms with Crippen LogP contribution in [0.25, 0.3) is 0 Å². The fraction of sp³-hybridized carbons (Fsp3) is 0.692. The molecule has 2 N–H and O–H groups in total.